The lowest BCUT2D eigenvalue weighted by atomic mass is 10.0. The van der Waals surface area contributed by atoms with Gasteiger partial charge >= 0.3 is 0 Å². The van der Waals surface area contributed by atoms with Gasteiger partial charge in [0, 0.05) is 32.7 Å². The van der Waals surface area contributed by atoms with Crippen LogP contribution in [0.3, 0.4) is 0 Å². The summed E-state index contributed by atoms with van der Waals surface area (Å²) in [5.41, 5.74) is 2.61. The van der Waals surface area contributed by atoms with E-state index in [1.54, 1.807) is 7.05 Å². The van der Waals surface area contributed by atoms with E-state index in [1.165, 1.54) is 11.1 Å². The SMILES string of the molecule is CNC(=O)CN1CCC(NCc2cccc(OCCCc3ccccc3)c2)CC1. The van der Waals surface area contributed by atoms with Gasteiger partial charge in [-0.25, -0.2) is 0 Å². The predicted octanol–water partition coefficient (Wildman–Crippen LogP) is 3.00. The number of nitrogens with zero attached hydrogens (tertiary/aromatic N) is 1. The van der Waals surface area contributed by atoms with Crippen molar-refractivity contribution in [1.29, 1.82) is 0 Å². The minimum absolute atomic E-state index is 0.0944. The molecule has 0 unspecified atom stereocenters. The van der Waals surface area contributed by atoms with Gasteiger partial charge in [-0.15, -0.1) is 0 Å². The maximum atomic E-state index is 11.5. The van der Waals surface area contributed by atoms with Crippen molar-refractivity contribution < 1.29 is 9.53 Å². The summed E-state index contributed by atoms with van der Waals surface area (Å²) in [4.78, 5) is 13.7. The summed E-state index contributed by atoms with van der Waals surface area (Å²) >= 11 is 0. The number of hydrogen-bond donors (Lipinski definition) is 2. The van der Waals surface area contributed by atoms with Crippen LogP contribution in [-0.2, 0) is 17.8 Å². The fourth-order valence-corrected chi connectivity index (χ4v) is 3.70. The van der Waals surface area contributed by atoms with Gasteiger partial charge in [0.25, 0.3) is 0 Å². The van der Waals surface area contributed by atoms with Crippen LogP contribution in [-0.4, -0.2) is 50.1 Å². The van der Waals surface area contributed by atoms with Gasteiger partial charge in [0.15, 0.2) is 0 Å². The summed E-state index contributed by atoms with van der Waals surface area (Å²) in [5, 5.41) is 6.35. The van der Waals surface area contributed by atoms with E-state index < -0.39 is 0 Å². The lowest BCUT2D eigenvalue weighted by Crippen LogP contribution is -2.45. The first-order chi connectivity index (χ1) is 14.2. The second kappa shape index (κ2) is 11.6. The van der Waals surface area contributed by atoms with Crippen molar-refractivity contribution >= 4 is 5.91 Å². The smallest absolute Gasteiger partial charge is 0.233 e. The Morgan fingerprint density at radius 3 is 2.59 bits per heavy atom. The molecule has 3 rings (SSSR count). The molecule has 0 aliphatic carbocycles. The number of aryl methyl sites for hydroxylation is 1. The van der Waals surface area contributed by atoms with E-state index >= 15 is 0 Å². The lowest BCUT2D eigenvalue weighted by molar-refractivity contribution is -0.122. The lowest BCUT2D eigenvalue weighted by Gasteiger charge is -2.31. The van der Waals surface area contributed by atoms with E-state index in [4.69, 9.17) is 4.74 Å². The molecule has 5 heteroatoms. The Morgan fingerprint density at radius 1 is 1.07 bits per heavy atom. The molecule has 1 heterocycles. The summed E-state index contributed by atoms with van der Waals surface area (Å²) < 4.78 is 5.95. The first-order valence-corrected chi connectivity index (χ1v) is 10.6. The minimum atomic E-state index is 0.0944. The average molecular weight is 396 g/mol. The van der Waals surface area contributed by atoms with Crippen LogP contribution < -0.4 is 15.4 Å². The molecule has 2 aromatic rings. The quantitative estimate of drug-likeness (QED) is 0.607. The summed E-state index contributed by atoms with van der Waals surface area (Å²) in [5.74, 6) is 1.04. The Labute approximate surface area is 174 Å². The van der Waals surface area contributed by atoms with Crippen molar-refractivity contribution in [1.82, 2.24) is 15.5 Å². The molecule has 0 saturated carbocycles. The number of benzene rings is 2. The first kappa shape index (κ1) is 21.3. The summed E-state index contributed by atoms with van der Waals surface area (Å²) in [7, 11) is 1.69. The van der Waals surface area contributed by atoms with Crippen LogP contribution in [0, 0.1) is 0 Å². The molecule has 5 nitrogen and oxygen atoms in total. The normalized spacial score (nSPS) is 15.2. The molecule has 1 aliphatic heterocycles. The van der Waals surface area contributed by atoms with Gasteiger partial charge in [-0.1, -0.05) is 42.5 Å². The molecule has 2 aromatic carbocycles. The van der Waals surface area contributed by atoms with Crippen LogP contribution in [0.2, 0.25) is 0 Å². The van der Waals surface area contributed by atoms with Crippen molar-refractivity contribution in [3.8, 4) is 5.75 Å². The van der Waals surface area contributed by atoms with Gasteiger partial charge in [-0.3, -0.25) is 9.69 Å². The van der Waals surface area contributed by atoms with Crippen molar-refractivity contribution in [3.05, 3.63) is 65.7 Å². The third-order valence-corrected chi connectivity index (χ3v) is 5.45. The minimum Gasteiger partial charge on any atom is -0.494 e. The average Bonchev–Trinajstić information content (AvgIpc) is 2.77. The summed E-state index contributed by atoms with van der Waals surface area (Å²) in [6.07, 6.45) is 4.21. The topological polar surface area (TPSA) is 53.6 Å². The molecule has 0 atom stereocenters. The maximum Gasteiger partial charge on any atom is 0.233 e. The Bertz CT molecular complexity index is 743. The van der Waals surface area contributed by atoms with Crippen LogP contribution in [0.1, 0.15) is 30.4 Å². The summed E-state index contributed by atoms with van der Waals surface area (Å²) in [6.45, 7) is 4.02. The van der Waals surface area contributed by atoms with Gasteiger partial charge < -0.3 is 15.4 Å². The van der Waals surface area contributed by atoms with E-state index in [9.17, 15) is 4.79 Å². The van der Waals surface area contributed by atoms with Crippen molar-refractivity contribution in [2.75, 3.05) is 33.3 Å². The molecular formula is C24H33N3O2. The monoisotopic (exact) mass is 395 g/mol. The number of amides is 1. The Morgan fingerprint density at radius 2 is 1.83 bits per heavy atom. The number of ether oxygens (including phenoxy) is 1. The van der Waals surface area contributed by atoms with Crippen molar-refractivity contribution in [2.45, 2.75) is 38.3 Å². The molecule has 1 fully saturated rings. The highest BCUT2D eigenvalue weighted by atomic mass is 16.5. The summed E-state index contributed by atoms with van der Waals surface area (Å²) in [6, 6.07) is 19.4. The van der Waals surface area contributed by atoms with Gasteiger partial charge in [0.05, 0.1) is 13.2 Å². The molecule has 29 heavy (non-hydrogen) atoms. The highest BCUT2D eigenvalue weighted by molar-refractivity contribution is 5.77. The Hall–Kier alpha value is -2.37. The predicted molar refractivity (Wildman–Crippen MR) is 117 cm³/mol. The van der Waals surface area contributed by atoms with Crippen LogP contribution in [0.5, 0.6) is 5.75 Å². The van der Waals surface area contributed by atoms with E-state index in [2.05, 4.69) is 58.0 Å². The standard InChI is InChI=1S/C24H33N3O2/c1-25-24(28)19-27-14-12-22(13-15-27)26-18-21-9-5-11-23(17-21)29-16-6-10-20-7-3-2-4-8-20/h2-5,7-9,11,17,22,26H,6,10,12-16,18-19H2,1H3,(H,25,28). The number of carbonyl (C=O) groups is 1. The number of likely N-dealkylation sites (N-methyl/N-ethyl adjacent to an activating group) is 1. The second-order valence-corrected chi connectivity index (χ2v) is 7.69. The third kappa shape index (κ3) is 7.52. The van der Waals surface area contributed by atoms with E-state index in [-0.39, 0.29) is 5.91 Å². The van der Waals surface area contributed by atoms with E-state index in [0.29, 0.717) is 12.6 Å². The number of rotatable bonds is 10. The maximum absolute atomic E-state index is 11.5. The highest BCUT2D eigenvalue weighted by Crippen LogP contribution is 2.16. The fourth-order valence-electron chi connectivity index (χ4n) is 3.70. The molecule has 2 N–H and O–H groups in total. The zero-order valence-corrected chi connectivity index (χ0v) is 17.4. The molecule has 0 aromatic heterocycles. The van der Waals surface area contributed by atoms with Crippen LogP contribution in [0.15, 0.2) is 54.6 Å². The molecule has 1 aliphatic rings. The molecule has 1 saturated heterocycles. The fraction of sp³-hybridized carbons (Fsp3) is 0.458. The Kier molecular flexibility index (Phi) is 8.53. The number of piperidine rings is 1. The van der Waals surface area contributed by atoms with E-state index in [0.717, 1.165) is 57.7 Å². The molecule has 156 valence electrons. The first-order valence-electron chi connectivity index (χ1n) is 10.6. The second-order valence-electron chi connectivity index (χ2n) is 7.69. The molecular weight excluding hydrogens is 362 g/mol. The molecule has 1 amide bonds. The van der Waals surface area contributed by atoms with Crippen LogP contribution in [0.4, 0.5) is 0 Å². The van der Waals surface area contributed by atoms with Crippen LogP contribution >= 0.6 is 0 Å². The van der Waals surface area contributed by atoms with E-state index in [1.807, 2.05) is 12.1 Å². The van der Waals surface area contributed by atoms with Crippen molar-refractivity contribution in [3.63, 3.8) is 0 Å². The van der Waals surface area contributed by atoms with Gasteiger partial charge in [0.2, 0.25) is 5.91 Å². The highest BCUT2D eigenvalue weighted by Gasteiger charge is 2.20. The van der Waals surface area contributed by atoms with Gasteiger partial charge in [-0.05, 0) is 48.9 Å². The molecule has 0 radical (unpaired) electrons. The zero-order valence-electron chi connectivity index (χ0n) is 17.4. The number of hydrogen-bond acceptors (Lipinski definition) is 4. The zero-order chi connectivity index (χ0) is 20.3. The van der Waals surface area contributed by atoms with Gasteiger partial charge in [-0.2, -0.15) is 0 Å². The Balaban J connectivity index is 1.35. The molecule has 0 bridgehead atoms. The third-order valence-electron chi connectivity index (χ3n) is 5.45. The molecule has 0 spiro atoms. The van der Waals surface area contributed by atoms with Crippen LogP contribution in [0.25, 0.3) is 0 Å². The number of carbonyl (C=O) groups excluding carboxylic acids is 1. The number of likely N-dealkylation sites (tertiary alicyclic amines) is 1. The largest absolute Gasteiger partial charge is 0.494 e. The number of nitrogens with one attached hydrogen (secondary N) is 2. The van der Waals surface area contributed by atoms with Gasteiger partial charge in [0.1, 0.15) is 5.75 Å². The van der Waals surface area contributed by atoms with Crippen molar-refractivity contribution in [2.24, 2.45) is 0 Å².